The van der Waals surface area contributed by atoms with Crippen molar-refractivity contribution in [1.29, 1.82) is 0 Å². The summed E-state index contributed by atoms with van der Waals surface area (Å²) < 4.78 is 24.4. The van der Waals surface area contributed by atoms with Crippen LogP contribution in [0, 0.1) is 0 Å². The minimum atomic E-state index is -1.17. The van der Waals surface area contributed by atoms with Crippen molar-refractivity contribution in [3.8, 4) is 28.8 Å². The molecule has 0 bridgehead atoms. The molecule has 0 spiro atoms. The quantitative estimate of drug-likeness (QED) is 0.240. The Morgan fingerprint density at radius 2 is 1.85 bits per heavy atom. The Hall–Kier alpha value is -4.64. The van der Waals surface area contributed by atoms with Gasteiger partial charge in [0.05, 0.1) is 36.7 Å². The van der Waals surface area contributed by atoms with E-state index in [0.29, 0.717) is 43.4 Å². The zero-order valence-electron chi connectivity index (χ0n) is 21.0. The van der Waals surface area contributed by atoms with Gasteiger partial charge in [-0.3, -0.25) is 4.79 Å². The number of carboxylic acid groups (broad SMARTS) is 1. The molecule has 39 heavy (non-hydrogen) atoms. The molecule has 0 radical (unpaired) electrons. The van der Waals surface area contributed by atoms with Crippen LogP contribution in [0.25, 0.3) is 33.5 Å². The Morgan fingerprint density at radius 1 is 1.08 bits per heavy atom. The Balaban J connectivity index is 1.72. The number of furan rings is 1. The van der Waals surface area contributed by atoms with Crippen molar-refractivity contribution in [2.24, 2.45) is 5.10 Å². The molecule has 1 N–H and O–H groups in total. The predicted molar refractivity (Wildman–Crippen MR) is 149 cm³/mol. The van der Waals surface area contributed by atoms with Crippen LogP contribution in [0.5, 0.6) is 17.2 Å². The van der Waals surface area contributed by atoms with Gasteiger partial charge in [0.25, 0.3) is 5.56 Å². The van der Waals surface area contributed by atoms with Crippen LogP contribution in [0.4, 0.5) is 0 Å². The van der Waals surface area contributed by atoms with Crippen molar-refractivity contribution in [2.45, 2.75) is 13.0 Å². The van der Waals surface area contributed by atoms with Crippen LogP contribution in [0.2, 0.25) is 0 Å². The number of carbonyl (C=O) groups is 1. The molecule has 0 saturated carbocycles. The zero-order chi connectivity index (χ0) is 27.7. The fourth-order valence-electron chi connectivity index (χ4n) is 4.02. The summed E-state index contributed by atoms with van der Waals surface area (Å²) in [6.45, 7) is 1.40. The second-order valence-corrected chi connectivity index (χ2v) is 9.34. The first-order valence-corrected chi connectivity index (χ1v) is 12.5. The average Bonchev–Trinajstić information content (AvgIpc) is 3.37. The van der Waals surface area contributed by atoms with E-state index in [1.165, 1.54) is 20.2 Å². The van der Waals surface area contributed by atoms with Gasteiger partial charge in [0.2, 0.25) is 5.82 Å². The van der Waals surface area contributed by atoms with E-state index < -0.39 is 17.6 Å². The smallest absolute Gasteiger partial charge is 0.344 e. The fourth-order valence-corrected chi connectivity index (χ4v) is 4.48. The first kappa shape index (κ1) is 26.0. The van der Waals surface area contributed by atoms with Crippen LogP contribution >= 0.6 is 15.9 Å². The zero-order valence-corrected chi connectivity index (χ0v) is 22.6. The van der Waals surface area contributed by atoms with Gasteiger partial charge in [-0.1, -0.05) is 34.1 Å². The molecule has 0 aliphatic carbocycles. The number of ether oxygens (including phenoxy) is 3. The largest absolute Gasteiger partial charge is 0.496 e. The minimum Gasteiger partial charge on any atom is -0.496 e. The number of carboxylic acids is 1. The van der Waals surface area contributed by atoms with E-state index >= 15 is 0 Å². The molecule has 0 fully saturated rings. The first-order valence-electron chi connectivity index (χ1n) is 11.7. The summed E-state index contributed by atoms with van der Waals surface area (Å²) in [6.07, 6.45) is 0.209. The maximum atomic E-state index is 13.6. The molecule has 2 aromatic heterocycles. The van der Waals surface area contributed by atoms with E-state index in [2.05, 4.69) is 26.0 Å². The number of hydrogen-bond acceptors (Lipinski definition) is 8. The van der Waals surface area contributed by atoms with E-state index in [9.17, 15) is 14.7 Å². The van der Waals surface area contributed by atoms with Gasteiger partial charge in [-0.05, 0) is 49.4 Å². The minimum absolute atomic E-state index is 0.149. The molecule has 10 nitrogen and oxygen atoms in total. The van der Waals surface area contributed by atoms with Crippen molar-refractivity contribution >= 4 is 50.0 Å². The van der Waals surface area contributed by atoms with Crippen molar-refractivity contribution in [3.63, 3.8) is 0 Å². The number of aromatic nitrogens is 2. The van der Waals surface area contributed by atoms with Crippen molar-refractivity contribution in [2.75, 3.05) is 14.2 Å². The highest BCUT2D eigenvalue weighted by molar-refractivity contribution is 9.10. The van der Waals surface area contributed by atoms with Gasteiger partial charge in [0.1, 0.15) is 11.3 Å². The standard InChI is InChI=1S/C28H22BrN3O7/c1-15(28(34)35)38-25-16(11-17(29)12-23(25)37-3)14-30-32-26(31-20-8-5-4-7-18(20)27(32)33)24-13-19-21(36-2)9-6-10-22(19)39-24/h4-15H,1-3H3,(H,34,35)/t15-/m0/s1. The lowest BCUT2D eigenvalue weighted by molar-refractivity contribution is -0.144. The van der Waals surface area contributed by atoms with Gasteiger partial charge in [0.15, 0.2) is 23.4 Å². The lowest BCUT2D eigenvalue weighted by Crippen LogP contribution is -2.24. The Kier molecular flexibility index (Phi) is 7.07. The Labute approximate surface area is 230 Å². The number of methoxy groups -OCH3 is 2. The average molecular weight is 592 g/mol. The number of nitrogens with zero attached hydrogens (tertiary/aromatic N) is 3. The highest BCUT2D eigenvalue weighted by atomic mass is 79.9. The number of rotatable bonds is 8. The second-order valence-electron chi connectivity index (χ2n) is 8.42. The van der Waals surface area contributed by atoms with E-state index in [1.807, 2.05) is 0 Å². The van der Waals surface area contributed by atoms with E-state index in [1.54, 1.807) is 67.8 Å². The summed E-state index contributed by atoms with van der Waals surface area (Å²) >= 11 is 3.42. The summed E-state index contributed by atoms with van der Waals surface area (Å²) in [4.78, 5) is 29.8. The Morgan fingerprint density at radius 3 is 2.59 bits per heavy atom. The van der Waals surface area contributed by atoms with Crippen LogP contribution in [-0.2, 0) is 4.79 Å². The fraction of sp³-hybridized carbons (Fsp3) is 0.143. The van der Waals surface area contributed by atoms with E-state index in [-0.39, 0.29) is 17.3 Å². The topological polar surface area (TPSA) is 125 Å². The molecule has 0 unspecified atom stereocenters. The van der Waals surface area contributed by atoms with Crippen LogP contribution in [0.3, 0.4) is 0 Å². The highest BCUT2D eigenvalue weighted by Crippen LogP contribution is 2.36. The molecule has 198 valence electrons. The number of hydrogen-bond donors (Lipinski definition) is 1. The molecule has 5 rings (SSSR count). The monoisotopic (exact) mass is 591 g/mol. The molecule has 1 atom stereocenters. The highest BCUT2D eigenvalue weighted by Gasteiger charge is 2.21. The molecule has 3 aromatic carbocycles. The number of halogens is 1. The molecule has 0 aliphatic rings. The summed E-state index contributed by atoms with van der Waals surface area (Å²) in [6, 6.07) is 17.4. The van der Waals surface area contributed by atoms with Crippen LogP contribution in [0.1, 0.15) is 12.5 Å². The lowest BCUT2D eigenvalue weighted by Gasteiger charge is -2.16. The summed E-state index contributed by atoms with van der Waals surface area (Å²) in [7, 11) is 3.00. The third-order valence-corrected chi connectivity index (χ3v) is 6.40. The summed E-state index contributed by atoms with van der Waals surface area (Å²) in [5.74, 6) is 0.356. The van der Waals surface area contributed by atoms with Gasteiger partial charge >= 0.3 is 5.97 Å². The van der Waals surface area contributed by atoms with Crippen LogP contribution < -0.4 is 19.8 Å². The number of benzene rings is 3. The predicted octanol–water partition coefficient (Wildman–Crippen LogP) is 5.32. The van der Waals surface area contributed by atoms with Crippen molar-refractivity contribution in [1.82, 2.24) is 9.66 Å². The molecule has 5 aromatic rings. The van der Waals surface area contributed by atoms with Crippen molar-refractivity contribution in [3.05, 3.63) is 81.1 Å². The summed E-state index contributed by atoms with van der Waals surface area (Å²) in [5, 5.41) is 14.9. The molecular weight excluding hydrogens is 570 g/mol. The summed E-state index contributed by atoms with van der Waals surface area (Å²) in [5.41, 5.74) is 0.964. The molecule has 0 saturated heterocycles. The van der Waals surface area contributed by atoms with Gasteiger partial charge in [-0.25, -0.2) is 9.78 Å². The SMILES string of the molecule is COc1cc(Br)cc(C=Nn2c(-c3cc4c(OC)cccc4o3)nc3ccccc3c2=O)c1O[C@@H](C)C(=O)O. The molecule has 2 heterocycles. The second kappa shape index (κ2) is 10.6. The van der Waals surface area contributed by atoms with E-state index in [4.69, 9.17) is 18.6 Å². The van der Waals surface area contributed by atoms with Gasteiger partial charge in [-0.15, -0.1) is 0 Å². The van der Waals surface area contributed by atoms with Gasteiger partial charge in [0, 0.05) is 10.0 Å². The van der Waals surface area contributed by atoms with Crippen LogP contribution in [0.15, 0.2) is 79.4 Å². The first-order chi connectivity index (χ1) is 18.8. The maximum Gasteiger partial charge on any atom is 0.344 e. The lowest BCUT2D eigenvalue weighted by atomic mass is 10.2. The number of para-hydroxylation sites is 1. The van der Waals surface area contributed by atoms with E-state index in [0.717, 1.165) is 4.68 Å². The number of aliphatic carboxylic acids is 1. The third-order valence-electron chi connectivity index (χ3n) is 5.94. The Bertz CT molecular complexity index is 1810. The van der Waals surface area contributed by atoms with Crippen LogP contribution in [-0.4, -0.2) is 47.3 Å². The normalized spacial score (nSPS) is 12.2. The maximum absolute atomic E-state index is 13.6. The number of fused-ring (bicyclic) bond motifs is 2. The van der Waals surface area contributed by atoms with Gasteiger partial charge < -0.3 is 23.7 Å². The van der Waals surface area contributed by atoms with Crippen molar-refractivity contribution < 1.29 is 28.5 Å². The molecule has 11 heteroatoms. The van der Waals surface area contributed by atoms with Gasteiger partial charge in [-0.2, -0.15) is 9.78 Å². The molecular formula is C28H22BrN3O7. The molecule has 0 amide bonds. The molecule has 0 aliphatic heterocycles. The third kappa shape index (κ3) is 4.96.